The van der Waals surface area contributed by atoms with Gasteiger partial charge >= 0.3 is 6.61 Å². The molecule has 2 aromatic carbocycles. The zero-order valence-corrected chi connectivity index (χ0v) is 11.6. The van der Waals surface area contributed by atoms with Crippen molar-refractivity contribution >= 4 is 18.0 Å². The number of alkyl halides is 2. The molecule has 1 aliphatic rings. The second-order valence-electron chi connectivity index (χ2n) is 4.63. The smallest absolute Gasteiger partial charge is 0.387 e. The number of fused-ring (bicyclic) bond motifs is 1. The lowest BCUT2D eigenvalue weighted by atomic mass is 10.1. The van der Waals surface area contributed by atoms with Crippen LogP contribution in [0.5, 0.6) is 5.75 Å². The average Bonchev–Trinajstić information content (AvgIpc) is 2.78. The van der Waals surface area contributed by atoms with Crippen LogP contribution in [-0.4, -0.2) is 29.6 Å². The van der Waals surface area contributed by atoms with E-state index < -0.39 is 18.4 Å². The second-order valence-corrected chi connectivity index (χ2v) is 4.63. The fraction of sp³-hybridized carbons (Fsp3) is 0.0625. The Kier molecular flexibility index (Phi) is 3.84. The van der Waals surface area contributed by atoms with Crippen LogP contribution in [0.2, 0.25) is 0 Å². The van der Waals surface area contributed by atoms with Gasteiger partial charge in [-0.2, -0.15) is 18.9 Å². The highest BCUT2D eigenvalue weighted by atomic mass is 19.3. The number of para-hydroxylation sites is 1. The molecule has 2 amide bonds. The fourth-order valence-electron chi connectivity index (χ4n) is 2.19. The number of carbonyl (C=O) groups is 2. The van der Waals surface area contributed by atoms with Crippen LogP contribution in [0.25, 0.3) is 0 Å². The minimum Gasteiger partial charge on any atom is -0.434 e. The van der Waals surface area contributed by atoms with Gasteiger partial charge in [0.25, 0.3) is 11.8 Å². The van der Waals surface area contributed by atoms with Crippen molar-refractivity contribution < 1.29 is 23.1 Å². The first kappa shape index (κ1) is 14.8. The molecule has 7 heteroatoms. The Balaban J connectivity index is 1.88. The van der Waals surface area contributed by atoms with Gasteiger partial charge in [-0.25, -0.2) is 0 Å². The van der Waals surface area contributed by atoms with E-state index in [1.165, 1.54) is 30.3 Å². The van der Waals surface area contributed by atoms with Gasteiger partial charge < -0.3 is 4.74 Å². The van der Waals surface area contributed by atoms with Crippen molar-refractivity contribution in [1.29, 1.82) is 0 Å². The number of rotatable bonds is 4. The van der Waals surface area contributed by atoms with Gasteiger partial charge in [-0.3, -0.25) is 9.59 Å². The van der Waals surface area contributed by atoms with Gasteiger partial charge in [-0.1, -0.05) is 24.3 Å². The van der Waals surface area contributed by atoms with Crippen LogP contribution in [0.1, 0.15) is 26.3 Å². The highest BCUT2D eigenvalue weighted by Crippen LogP contribution is 2.23. The predicted octanol–water partition coefficient (Wildman–Crippen LogP) is 2.92. The topological polar surface area (TPSA) is 59.0 Å². The Morgan fingerprint density at radius 3 is 2.13 bits per heavy atom. The molecule has 0 spiro atoms. The number of amides is 2. The molecule has 0 fully saturated rings. The molecular weight excluding hydrogens is 306 g/mol. The van der Waals surface area contributed by atoms with Gasteiger partial charge in [0.05, 0.1) is 17.3 Å². The van der Waals surface area contributed by atoms with E-state index in [4.69, 9.17) is 0 Å². The Bertz CT molecular complexity index is 770. The highest BCUT2D eigenvalue weighted by molar-refractivity contribution is 6.21. The summed E-state index contributed by atoms with van der Waals surface area (Å²) in [7, 11) is 0. The number of hydrogen-bond donors (Lipinski definition) is 0. The van der Waals surface area contributed by atoms with Gasteiger partial charge in [-0.05, 0) is 24.3 Å². The zero-order valence-electron chi connectivity index (χ0n) is 11.6. The summed E-state index contributed by atoms with van der Waals surface area (Å²) in [6.07, 6.45) is 1.14. The van der Waals surface area contributed by atoms with Crippen molar-refractivity contribution in [1.82, 2.24) is 5.01 Å². The van der Waals surface area contributed by atoms with Crippen LogP contribution in [0.3, 0.4) is 0 Å². The molecule has 0 saturated carbocycles. The zero-order chi connectivity index (χ0) is 16.4. The summed E-state index contributed by atoms with van der Waals surface area (Å²) in [5.41, 5.74) is 0.739. The molecule has 0 aromatic heterocycles. The summed E-state index contributed by atoms with van der Waals surface area (Å²) in [4.78, 5) is 24.3. The first-order valence-electron chi connectivity index (χ1n) is 6.63. The molecule has 2 aromatic rings. The molecule has 0 N–H and O–H groups in total. The van der Waals surface area contributed by atoms with Crippen LogP contribution in [0.15, 0.2) is 53.6 Å². The second kappa shape index (κ2) is 5.96. The third-order valence-corrected chi connectivity index (χ3v) is 3.22. The van der Waals surface area contributed by atoms with E-state index in [0.29, 0.717) is 5.01 Å². The van der Waals surface area contributed by atoms with E-state index in [1.54, 1.807) is 18.2 Å². The molecule has 0 unspecified atom stereocenters. The Morgan fingerprint density at radius 2 is 1.52 bits per heavy atom. The number of hydrazone groups is 1. The summed E-state index contributed by atoms with van der Waals surface area (Å²) in [5.74, 6) is -1.22. The van der Waals surface area contributed by atoms with Gasteiger partial charge in [0.15, 0.2) is 0 Å². The highest BCUT2D eigenvalue weighted by Gasteiger charge is 2.35. The fourth-order valence-corrected chi connectivity index (χ4v) is 2.19. The summed E-state index contributed by atoms with van der Waals surface area (Å²) >= 11 is 0. The molecule has 1 heterocycles. The summed E-state index contributed by atoms with van der Waals surface area (Å²) in [6.45, 7) is -2.98. The largest absolute Gasteiger partial charge is 0.434 e. The van der Waals surface area contributed by atoms with Crippen LogP contribution >= 0.6 is 0 Å². The molecule has 0 radical (unpaired) electrons. The molecule has 0 aliphatic carbocycles. The van der Waals surface area contributed by atoms with Crippen molar-refractivity contribution in [2.45, 2.75) is 6.61 Å². The third-order valence-electron chi connectivity index (χ3n) is 3.22. The number of benzene rings is 2. The van der Waals surface area contributed by atoms with E-state index in [9.17, 15) is 18.4 Å². The molecule has 0 bridgehead atoms. The third kappa shape index (κ3) is 2.80. The first-order valence-corrected chi connectivity index (χ1v) is 6.63. The molecule has 116 valence electrons. The number of carbonyl (C=O) groups excluding carboxylic acids is 2. The van der Waals surface area contributed by atoms with Crippen LogP contribution in [-0.2, 0) is 0 Å². The minimum atomic E-state index is -2.98. The minimum absolute atomic E-state index is 0.0946. The summed E-state index contributed by atoms with van der Waals surface area (Å²) in [6, 6.07) is 12.3. The van der Waals surface area contributed by atoms with Crippen molar-refractivity contribution in [3.63, 3.8) is 0 Å². The van der Waals surface area contributed by atoms with E-state index in [1.807, 2.05) is 0 Å². The van der Waals surface area contributed by atoms with Gasteiger partial charge in [0, 0.05) is 5.56 Å². The van der Waals surface area contributed by atoms with E-state index >= 15 is 0 Å². The van der Waals surface area contributed by atoms with Crippen molar-refractivity contribution in [3.05, 3.63) is 65.2 Å². The maximum absolute atomic E-state index is 12.4. The van der Waals surface area contributed by atoms with E-state index in [-0.39, 0.29) is 22.4 Å². The van der Waals surface area contributed by atoms with Crippen molar-refractivity contribution in [2.24, 2.45) is 5.10 Å². The van der Waals surface area contributed by atoms with Crippen molar-refractivity contribution in [3.8, 4) is 5.75 Å². The normalized spacial score (nSPS) is 14.0. The van der Waals surface area contributed by atoms with E-state index in [2.05, 4.69) is 9.84 Å². The number of hydrogen-bond acceptors (Lipinski definition) is 4. The standard InChI is InChI=1S/C16H10F2N2O3/c17-16(18)23-13-8-4-1-5-10(13)9-19-20-14(21)11-6-2-3-7-12(11)15(20)22/h1-9,16H/b19-9-. The Morgan fingerprint density at radius 1 is 0.957 bits per heavy atom. The quantitative estimate of drug-likeness (QED) is 0.644. The molecule has 0 atom stereocenters. The molecule has 0 saturated heterocycles. The summed E-state index contributed by atoms with van der Waals surface area (Å²) < 4.78 is 29.1. The maximum atomic E-state index is 12.4. The van der Waals surface area contributed by atoms with E-state index in [0.717, 1.165) is 6.21 Å². The maximum Gasteiger partial charge on any atom is 0.387 e. The SMILES string of the molecule is O=C1c2ccccc2C(=O)N1/N=C\c1ccccc1OC(F)F. The number of nitrogens with zero attached hydrogens (tertiary/aromatic N) is 2. The lowest BCUT2D eigenvalue weighted by Crippen LogP contribution is -2.24. The monoisotopic (exact) mass is 316 g/mol. The molecular formula is C16H10F2N2O3. The number of ether oxygens (including phenoxy) is 1. The van der Waals surface area contributed by atoms with Gasteiger partial charge in [0.2, 0.25) is 0 Å². The van der Waals surface area contributed by atoms with Crippen LogP contribution in [0.4, 0.5) is 8.78 Å². The summed E-state index contributed by atoms with van der Waals surface area (Å²) in [5, 5.41) is 4.52. The molecule has 5 nitrogen and oxygen atoms in total. The lowest BCUT2D eigenvalue weighted by molar-refractivity contribution is -0.0499. The number of imide groups is 1. The molecule has 3 rings (SSSR count). The average molecular weight is 316 g/mol. The van der Waals surface area contributed by atoms with Crippen molar-refractivity contribution in [2.75, 3.05) is 0 Å². The van der Waals surface area contributed by atoms with Gasteiger partial charge in [0.1, 0.15) is 5.75 Å². The first-order chi connectivity index (χ1) is 11.1. The predicted molar refractivity (Wildman–Crippen MR) is 77.6 cm³/mol. The number of halogens is 2. The molecule has 23 heavy (non-hydrogen) atoms. The van der Waals surface area contributed by atoms with Gasteiger partial charge in [-0.15, -0.1) is 0 Å². The molecule has 1 aliphatic heterocycles. The Hall–Kier alpha value is -3.09. The lowest BCUT2D eigenvalue weighted by Gasteiger charge is -2.09. The van der Waals surface area contributed by atoms with Crippen LogP contribution in [0, 0.1) is 0 Å². The van der Waals surface area contributed by atoms with Crippen LogP contribution < -0.4 is 4.74 Å². The Labute approximate surface area is 129 Å².